The number of benzene rings is 7. The summed E-state index contributed by atoms with van der Waals surface area (Å²) in [5.41, 5.74) is 15.6. The summed E-state index contributed by atoms with van der Waals surface area (Å²) in [5.74, 6) is 2.21. The molecule has 0 bridgehead atoms. The van der Waals surface area contributed by atoms with E-state index in [1.807, 2.05) is 36.4 Å². The Hall–Kier alpha value is -7.17. The van der Waals surface area contributed by atoms with E-state index in [1.165, 1.54) is 72.0 Å². The number of fused-ring (bicyclic) bond motifs is 12. The quantitative estimate of drug-likeness (QED) is 0.182. The van der Waals surface area contributed by atoms with Crippen molar-refractivity contribution in [1.82, 2.24) is 19.5 Å². The minimum absolute atomic E-state index is 0.0291. The van der Waals surface area contributed by atoms with Crippen LogP contribution in [-0.2, 0) is 5.41 Å². The van der Waals surface area contributed by atoms with Crippen LogP contribution in [0, 0.1) is 0 Å². The van der Waals surface area contributed by atoms with Crippen LogP contribution in [0.5, 0.6) is 0 Å². The third-order valence-electron chi connectivity index (χ3n) is 12.2. The van der Waals surface area contributed by atoms with Gasteiger partial charge in [-0.3, -0.25) is 0 Å². The summed E-state index contributed by atoms with van der Waals surface area (Å²) in [7, 11) is 0. The Balaban J connectivity index is 1.00. The molecule has 2 aliphatic carbocycles. The first-order chi connectivity index (χ1) is 27.8. The highest BCUT2D eigenvalue weighted by Gasteiger charge is 2.50. The standard InChI is InChI=1S/C52H34N4/c1-3-14-34(15-4-1)49-53-50(35-16-5-2-6-17-35)55-51(54-49)36-28-26-33(27-29-36)37-30-31-39-38-18-7-9-21-42(38)52(45(39)32-37)43-22-10-12-25-47(43)56-46-24-11-8-19-40(46)41-20-13-23-44(52)48(41)56/h1-28,30-32,36H,29H2. The van der Waals surface area contributed by atoms with Crippen LogP contribution >= 0.6 is 0 Å². The molecule has 2 aromatic heterocycles. The monoisotopic (exact) mass is 714 g/mol. The van der Waals surface area contributed by atoms with Gasteiger partial charge in [0, 0.05) is 27.8 Å². The topological polar surface area (TPSA) is 43.6 Å². The van der Waals surface area contributed by atoms with Gasteiger partial charge in [0.1, 0.15) is 5.82 Å². The summed E-state index contributed by atoms with van der Waals surface area (Å²) >= 11 is 0. The van der Waals surface area contributed by atoms with E-state index in [-0.39, 0.29) is 5.92 Å². The van der Waals surface area contributed by atoms with Gasteiger partial charge in [-0.2, -0.15) is 0 Å². The Labute approximate surface area is 324 Å². The molecular formula is C52H34N4. The molecule has 2 atom stereocenters. The van der Waals surface area contributed by atoms with Crippen molar-refractivity contribution in [3.05, 3.63) is 222 Å². The lowest BCUT2D eigenvalue weighted by atomic mass is 9.65. The lowest BCUT2D eigenvalue weighted by Gasteiger charge is -2.39. The number of allylic oxidation sites excluding steroid dienone is 4. The highest BCUT2D eigenvalue weighted by atomic mass is 15.0. The zero-order valence-corrected chi connectivity index (χ0v) is 30.5. The summed E-state index contributed by atoms with van der Waals surface area (Å²) in [6.07, 6.45) is 7.71. The lowest BCUT2D eigenvalue weighted by Crippen LogP contribution is -2.33. The number of para-hydroxylation sites is 3. The molecule has 0 saturated carbocycles. The van der Waals surface area contributed by atoms with Crippen LogP contribution in [0.3, 0.4) is 0 Å². The fraction of sp³-hybridized carbons (Fsp3) is 0.0577. The second-order valence-electron chi connectivity index (χ2n) is 15.1. The van der Waals surface area contributed by atoms with E-state index in [0.717, 1.165) is 23.4 Å². The number of aromatic nitrogens is 4. The van der Waals surface area contributed by atoms with Gasteiger partial charge in [0.05, 0.1) is 22.1 Å². The summed E-state index contributed by atoms with van der Waals surface area (Å²) in [6, 6.07) is 61.4. The van der Waals surface area contributed by atoms with E-state index in [4.69, 9.17) is 15.0 Å². The zero-order chi connectivity index (χ0) is 36.8. The summed E-state index contributed by atoms with van der Waals surface area (Å²) in [6.45, 7) is 0. The number of nitrogens with zero attached hydrogens (tertiary/aromatic N) is 4. The van der Waals surface area contributed by atoms with E-state index >= 15 is 0 Å². The predicted molar refractivity (Wildman–Crippen MR) is 227 cm³/mol. The molecule has 0 radical (unpaired) electrons. The smallest absolute Gasteiger partial charge is 0.163 e. The van der Waals surface area contributed by atoms with Crippen molar-refractivity contribution in [3.8, 4) is 39.6 Å². The molecule has 9 aromatic rings. The van der Waals surface area contributed by atoms with Crippen molar-refractivity contribution >= 4 is 27.4 Å². The summed E-state index contributed by atoms with van der Waals surface area (Å²) in [5, 5.41) is 2.58. The molecule has 0 fully saturated rings. The van der Waals surface area contributed by atoms with E-state index < -0.39 is 5.41 Å². The van der Waals surface area contributed by atoms with Crippen LogP contribution in [0.25, 0.3) is 67.0 Å². The fourth-order valence-corrected chi connectivity index (χ4v) is 9.76. The fourth-order valence-electron chi connectivity index (χ4n) is 9.76. The molecule has 4 heteroatoms. The SMILES string of the molecule is C1=CC(c2nc(-c3ccccc3)nc(-c3ccccc3)n2)CC=C1c1ccc2c(c1)C1(c3ccccc3-2)c2ccccc2-n2c3ccccc3c3cccc1c32. The molecule has 4 nitrogen and oxygen atoms in total. The molecule has 262 valence electrons. The van der Waals surface area contributed by atoms with Crippen molar-refractivity contribution in [1.29, 1.82) is 0 Å². The Morgan fingerprint density at radius 3 is 1.91 bits per heavy atom. The molecule has 56 heavy (non-hydrogen) atoms. The Morgan fingerprint density at radius 2 is 1.14 bits per heavy atom. The number of hydrogen-bond acceptors (Lipinski definition) is 3. The minimum atomic E-state index is -0.476. The predicted octanol–water partition coefficient (Wildman–Crippen LogP) is 12.1. The number of rotatable bonds is 4. The average molecular weight is 715 g/mol. The molecule has 0 amide bonds. The van der Waals surface area contributed by atoms with Crippen molar-refractivity contribution in [2.75, 3.05) is 0 Å². The molecule has 0 saturated heterocycles. The van der Waals surface area contributed by atoms with E-state index in [1.54, 1.807) is 0 Å². The third kappa shape index (κ3) is 4.32. The Bertz CT molecular complexity index is 3060. The van der Waals surface area contributed by atoms with Crippen molar-refractivity contribution < 1.29 is 0 Å². The zero-order valence-electron chi connectivity index (χ0n) is 30.5. The van der Waals surface area contributed by atoms with Gasteiger partial charge >= 0.3 is 0 Å². The molecule has 7 aromatic carbocycles. The maximum Gasteiger partial charge on any atom is 0.163 e. The van der Waals surface area contributed by atoms with Crippen LogP contribution in [0.2, 0.25) is 0 Å². The minimum Gasteiger partial charge on any atom is -0.309 e. The first kappa shape index (κ1) is 31.2. The highest BCUT2D eigenvalue weighted by molar-refractivity contribution is 6.12. The molecule has 12 rings (SSSR count). The van der Waals surface area contributed by atoms with Gasteiger partial charge in [-0.05, 0) is 69.1 Å². The first-order valence-electron chi connectivity index (χ1n) is 19.4. The average Bonchev–Trinajstić information content (AvgIpc) is 3.77. The van der Waals surface area contributed by atoms with Crippen LogP contribution in [0.15, 0.2) is 188 Å². The van der Waals surface area contributed by atoms with Crippen LogP contribution in [0.1, 0.15) is 46.0 Å². The lowest BCUT2D eigenvalue weighted by molar-refractivity contribution is 0.748. The molecule has 0 N–H and O–H groups in total. The maximum atomic E-state index is 5.05. The largest absolute Gasteiger partial charge is 0.309 e. The van der Waals surface area contributed by atoms with Gasteiger partial charge in [-0.1, -0.05) is 170 Å². The normalized spacial score (nSPS) is 17.5. The maximum absolute atomic E-state index is 5.05. The third-order valence-corrected chi connectivity index (χ3v) is 12.2. The van der Waals surface area contributed by atoms with Gasteiger partial charge in [-0.15, -0.1) is 0 Å². The molecular weight excluding hydrogens is 681 g/mol. The van der Waals surface area contributed by atoms with E-state index in [2.05, 4.69) is 156 Å². The molecule has 3 heterocycles. The molecule has 1 spiro atoms. The van der Waals surface area contributed by atoms with Gasteiger partial charge in [0.25, 0.3) is 0 Å². The van der Waals surface area contributed by atoms with Gasteiger partial charge in [0.2, 0.25) is 0 Å². The summed E-state index contributed by atoms with van der Waals surface area (Å²) < 4.78 is 2.51. The van der Waals surface area contributed by atoms with E-state index in [0.29, 0.717) is 11.6 Å². The Kier molecular flexibility index (Phi) is 6.64. The van der Waals surface area contributed by atoms with Crippen molar-refractivity contribution in [2.45, 2.75) is 17.8 Å². The van der Waals surface area contributed by atoms with Crippen molar-refractivity contribution in [2.24, 2.45) is 0 Å². The Morgan fingerprint density at radius 1 is 0.500 bits per heavy atom. The molecule has 3 aliphatic rings. The van der Waals surface area contributed by atoms with Gasteiger partial charge < -0.3 is 4.57 Å². The van der Waals surface area contributed by atoms with Gasteiger partial charge in [0.15, 0.2) is 11.6 Å². The van der Waals surface area contributed by atoms with Crippen LogP contribution in [0.4, 0.5) is 0 Å². The van der Waals surface area contributed by atoms with Crippen LogP contribution in [-0.4, -0.2) is 19.5 Å². The second kappa shape index (κ2) is 11.9. The molecule has 1 aliphatic heterocycles. The van der Waals surface area contributed by atoms with Crippen LogP contribution < -0.4 is 0 Å². The van der Waals surface area contributed by atoms with Crippen molar-refractivity contribution in [3.63, 3.8) is 0 Å². The second-order valence-corrected chi connectivity index (χ2v) is 15.1. The number of hydrogen-bond donors (Lipinski definition) is 0. The first-order valence-corrected chi connectivity index (χ1v) is 19.4. The molecule has 2 unspecified atom stereocenters. The van der Waals surface area contributed by atoms with Gasteiger partial charge in [-0.25, -0.2) is 15.0 Å². The highest BCUT2D eigenvalue weighted by Crippen LogP contribution is 2.61. The van der Waals surface area contributed by atoms with E-state index in [9.17, 15) is 0 Å². The summed E-state index contributed by atoms with van der Waals surface area (Å²) in [4.78, 5) is 15.0.